The van der Waals surface area contributed by atoms with Crippen LogP contribution < -0.4 is 10.2 Å². The smallest absolute Gasteiger partial charge is 0.0468 e. The summed E-state index contributed by atoms with van der Waals surface area (Å²) in [7, 11) is 0. The Balaban J connectivity index is 0.000000500. The second-order valence-corrected chi connectivity index (χ2v) is 19.7. The number of rotatable bonds is 9. The molecule has 0 radical (unpaired) electrons. The van der Waals surface area contributed by atoms with Gasteiger partial charge in [0.25, 0.3) is 0 Å². The van der Waals surface area contributed by atoms with E-state index in [9.17, 15) is 0 Å². The lowest BCUT2D eigenvalue weighted by Gasteiger charge is -2.28. The number of benzene rings is 12. The molecule has 2 aliphatic rings. The van der Waals surface area contributed by atoms with Crippen molar-refractivity contribution >= 4 is 93.5 Å². The Kier molecular flexibility index (Phi) is 12.3. The number of anilines is 4. The first-order chi connectivity index (χ1) is 37.6. The van der Waals surface area contributed by atoms with Crippen LogP contribution in [0.25, 0.3) is 93.0 Å². The predicted octanol–water partition coefficient (Wildman–Crippen LogP) is 20.7. The van der Waals surface area contributed by atoms with Gasteiger partial charge in [-0.15, -0.1) is 0 Å². The summed E-state index contributed by atoms with van der Waals surface area (Å²) in [5.41, 5.74) is 13.0. The lowest BCUT2D eigenvalue weighted by Crippen LogP contribution is -2.10. The Labute approximate surface area is 444 Å². The van der Waals surface area contributed by atoms with Gasteiger partial charge in [0.05, 0.1) is 0 Å². The molecular formula is C74H54N2. The van der Waals surface area contributed by atoms with Crippen molar-refractivity contribution in [3.8, 4) is 22.3 Å². The number of fused-ring (bicyclic) bond motifs is 7. The largest absolute Gasteiger partial charge is 0.356 e. The van der Waals surface area contributed by atoms with Gasteiger partial charge in [-0.25, -0.2) is 0 Å². The molecule has 14 rings (SSSR count). The summed E-state index contributed by atoms with van der Waals surface area (Å²) in [6.07, 6.45) is 20.2. The van der Waals surface area contributed by atoms with Crippen molar-refractivity contribution in [3.63, 3.8) is 0 Å². The van der Waals surface area contributed by atoms with Crippen molar-refractivity contribution in [2.45, 2.75) is 6.42 Å². The monoisotopic (exact) mass is 970 g/mol. The molecule has 0 spiro atoms. The SMILES string of the molecule is C1=CC2=CC(Nc3ccc4c(-c5cccc6ccccc56)c5cc(N(c6ccc7ccccc7c6)c6ccc7ccccc7c6)ccc5c(-c5cccc6ccccc56)c4c3)=CCC2C=C1.C=C/C=C\c1ccccc1. The van der Waals surface area contributed by atoms with Gasteiger partial charge >= 0.3 is 0 Å². The van der Waals surface area contributed by atoms with E-state index in [-0.39, 0.29) is 0 Å². The van der Waals surface area contributed by atoms with E-state index in [2.05, 4.69) is 272 Å². The third-order valence-corrected chi connectivity index (χ3v) is 15.1. The molecule has 2 nitrogen and oxygen atoms in total. The third kappa shape index (κ3) is 8.86. The fourth-order valence-electron chi connectivity index (χ4n) is 11.4. The Morgan fingerprint density at radius 2 is 0.961 bits per heavy atom. The molecule has 0 bridgehead atoms. The lowest BCUT2D eigenvalue weighted by atomic mass is 9.83. The number of nitrogens with zero attached hydrogens (tertiary/aromatic N) is 1. The molecule has 2 heteroatoms. The van der Waals surface area contributed by atoms with E-state index in [0.29, 0.717) is 5.92 Å². The average Bonchev–Trinajstić information content (AvgIpc) is 3.58. The summed E-state index contributed by atoms with van der Waals surface area (Å²) in [5.74, 6) is 0.438. The minimum atomic E-state index is 0.438. The van der Waals surface area contributed by atoms with Gasteiger partial charge in [-0.3, -0.25) is 0 Å². The zero-order valence-electron chi connectivity index (χ0n) is 42.2. The summed E-state index contributed by atoms with van der Waals surface area (Å²) in [6.45, 7) is 3.59. The number of hydrogen-bond acceptors (Lipinski definition) is 2. The molecule has 0 saturated heterocycles. The molecule has 1 N–H and O–H groups in total. The summed E-state index contributed by atoms with van der Waals surface area (Å²) in [4.78, 5) is 2.44. The Bertz CT molecular complexity index is 4290. The number of nitrogens with one attached hydrogen (secondary N) is 1. The molecule has 76 heavy (non-hydrogen) atoms. The average molecular weight is 971 g/mol. The van der Waals surface area contributed by atoms with Crippen LogP contribution in [0.2, 0.25) is 0 Å². The summed E-state index contributed by atoms with van der Waals surface area (Å²) in [6, 6.07) is 86.5. The molecule has 0 aliphatic heterocycles. The molecule has 0 aromatic heterocycles. The minimum absolute atomic E-state index is 0.438. The van der Waals surface area contributed by atoms with Crippen LogP contribution in [0.15, 0.2) is 303 Å². The van der Waals surface area contributed by atoms with E-state index in [1.807, 2.05) is 30.4 Å². The van der Waals surface area contributed by atoms with Gasteiger partial charge in [0.1, 0.15) is 0 Å². The molecule has 1 atom stereocenters. The standard InChI is InChI=1S/C64H44N2.C10H10/c1-4-18-47-37-50(30-27-42(47)13-1)65-51-31-35-59-61(40-51)63(57-25-11-21-45-16-7-9-23-55(45)57)60-36-34-54(41-62(60)64(59)58-26-12-22-46-17-8-10-24-56(46)58)66(52-32-28-43-14-2-5-19-48(43)38-52)53-33-29-44-15-3-6-20-49(44)39-53;1-2-3-7-10-8-5-4-6-9-10/h1-26,28-42,65H,27H2;2-9H,1H2/b;7-3-. The first-order valence-corrected chi connectivity index (χ1v) is 26.3. The topological polar surface area (TPSA) is 15.3 Å². The van der Waals surface area contributed by atoms with E-state index in [1.54, 1.807) is 6.08 Å². The van der Waals surface area contributed by atoms with Crippen LogP contribution in [0.4, 0.5) is 22.7 Å². The fraction of sp³-hybridized carbons (Fsp3) is 0.0270. The second-order valence-electron chi connectivity index (χ2n) is 19.7. The molecule has 0 amide bonds. The van der Waals surface area contributed by atoms with Crippen LogP contribution in [-0.2, 0) is 0 Å². The van der Waals surface area contributed by atoms with Crippen LogP contribution in [0.5, 0.6) is 0 Å². The molecule has 1 unspecified atom stereocenters. The maximum absolute atomic E-state index is 3.86. The predicted molar refractivity (Wildman–Crippen MR) is 329 cm³/mol. The molecule has 0 fully saturated rings. The Hall–Kier alpha value is -9.76. The van der Waals surface area contributed by atoms with Crippen molar-refractivity contribution in [2.75, 3.05) is 10.2 Å². The number of hydrogen-bond donors (Lipinski definition) is 1. The van der Waals surface area contributed by atoms with E-state index < -0.39 is 0 Å². The van der Waals surface area contributed by atoms with Gasteiger partial charge < -0.3 is 10.2 Å². The first kappa shape index (κ1) is 46.1. The van der Waals surface area contributed by atoms with Gasteiger partial charge in [0.15, 0.2) is 0 Å². The quantitative estimate of drug-likeness (QED) is 0.115. The highest BCUT2D eigenvalue weighted by molar-refractivity contribution is 6.26. The van der Waals surface area contributed by atoms with Gasteiger partial charge in [-0.2, -0.15) is 0 Å². The Morgan fingerprint density at radius 1 is 0.434 bits per heavy atom. The second kappa shape index (κ2) is 20.3. The summed E-state index contributed by atoms with van der Waals surface area (Å²) < 4.78 is 0. The molecule has 0 heterocycles. The van der Waals surface area contributed by atoms with Crippen molar-refractivity contribution in [3.05, 3.63) is 309 Å². The van der Waals surface area contributed by atoms with Gasteiger partial charge in [-0.05, 0) is 159 Å². The third-order valence-electron chi connectivity index (χ3n) is 15.1. The number of allylic oxidation sites excluding steroid dienone is 9. The van der Waals surface area contributed by atoms with Crippen LogP contribution in [0.3, 0.4) is 0 Å². The molecule has 360 valence electrons. The maximum Gasteiger partial charge on any atom is 0.0468 e. The van der Waals surface area contributed by atoms with Crippen molar-refractivity contribution in [2.24, 2.45) is 5.92 Å². The highest BCUT2D eigenvalue weighted by atomic mass is 15.1. The van der Waals surface area contributed by atoms with E-state index in [4.69, 9.17) is 0 Å². The molecule has 2 aliphatic carbocycles. The van der Waals surface area contributed by atoms with Gasteiger partial charge in [0, 0.05) is 34.4 Å². The molecule has 0 saturated carbocycles. The van der Waals surface area contributed by atoms with Crippen LogP contribution >= 0.6 is 0 Å². The van der Waals surface area contributed by atoms with E-state index >= 15 is 0 Å². The lowest BCUT2D eigenvalue weighted by molar-refractivity contribution is 0.773. The van der Waals surface area contributed by atoms with Crippen molar-refractivity contribution in [1.29, 1.82) is 0 Å². The first-order valence-electron chi connectivity index (χ1n) is 26.3. The van der Waals surface area contributed by atoms with Crippen molar-refractivity contribution < 1.29 is 0 Å². The van der Waals surface area contributed by atoms with Crippen LogP contribution in [-0.4, -0.2) is 0 Å². The maximum atomic E-state index is 3.86. The summed E-state index contributed by atoms with van der Waals surface area (Å²) in [5, 5.41) is 18.5. The molecule has 12 aromatic carbocycles. The molecular weight excluding hydrogens is 917 g/mol. The fourth-order valence-corrected chi connectivity index (χ4v) is 11.4. The van der Waals surface area contributed by atoms with Crippen LogP contribution in [0, 0.1) is 5.92 Å². The molecule has 12 aromatic rings. The highest BCUT2D eigenvalue weighted by Crippen LogP contribution is 2.50. The minimum Gasteiger partial charge on any atom is -0.356 e. The van der Waals surface area contributed by atoms with E-state index in [0.717, 1.165) is 34.9 Å². The Morgan fingerprint density at radius 3 is 1.59 bits per heavy atom. The zero-order chi connectivity index (χ0) is 50.8. The normalized spacial score (nSPS) is 13.9. The van der Waals surface area contributed by atoms with Gasteiger partial charge in [0.2, 0.25) is 0 Å². The highest BCUT2D eigenvalue weighted by Gasteiger charge is 2.23. The van der Waals surface area contributed by atoms with Gasteiger partial charge in [-0.1, -0.05) is 243 Å². The van der Waals surface area contributed by atoms with Crippen molar-refractivity contribution in [1.82, 2.24) is 0 Å². The zero-order valence-corrected chi connectivity index (χ0v) is 42.2. The summed E-state index contributed by atoms with van der Waals surface area (Å²) >= 11 is 0. The van der Waals surface area contributed by atoms with E-state index in [1.165, 1.54) is 98.0 Å². The van der Waals surface area contributed by atoms with Crippen LogP contribution in [0.1, 0.15) is 12.0 Å².